The molecule has 0 spiro atoms. The van der Waals surface area contributed by atoms with Gasteiger partial charge in [0.05, 0.1) is 0 Å². The summed E-state index contributed by atoms with van der Waals surface area (Å²) in [5, 5.41) is 0. The quantitative estimate of drug-likeness (QED) is 0.131. The molecule has 0 bridgehead atoms. The van der Waals surface area contributed by atoms with Gasteiger partial charge in [0.15, 0.2) is 24.1 Å². The van der Waals surface area contributed by atoms with Crippen LogP contribution in [-0.2, 0) is 27.4 Å². The maximum absolute atomic E-state index is 12.2. The molecule has 13 heteroatoms. The van der Waals surface area contributed by atoms with Crippen molar-refractivity contribution in [2.24, 2.45) is 0 Å². The number of esters is 4. The van der Waals surface area contributed by atoms with Crippen molar-refractivity contribution in [3.05, 3.63) is 94.6 Å². The molecule has 0 unspecified atom stereocenters. The number of furan rings is 4. The molecule has 0 aliphatic rings. The van der Waals surface area contributed by atoms with E-state index in [4.69, 9.17) is 27.1 Å². The lowest BCUT2D eigenvalue weighted by atomic mass is 10.4. The molecule has 4 aromatic heterocycles. The van der Waals surface area contributed by atoms with E-state index < -0.39 is 29.6 Å². The minimum atomic E-state index is -1.21. The molecule has 0 saturated carbocycles. The van der Waals surface area contributed by atoms with Gasteiger partial charge in [0.25, 0.3) is 0 Å². The van der Waals surface area contributed by atoms with Gasteiger partial charge in [-0.1, -0.05) is 0 Å². The van der Waals surface area contributed by atoms with E-state index in [1.165, 1.54) is 30.3 Å². The number of aldehydes is 2. The average molecular weight is 510 g/mol. The van der Waals surface area contributed by atoms with Crippen LogP contribution in [0.4, 0.5) is 0 Å². The third kappa shape index (κ3) is 5.97. The highest BCUT2D eigenvalue weighted by atomic mass is 16.6. The number of carbonyl (C=O) groups is 6. The average Bonchev–Trinajstić information content (AvgIpc) is 3.71. The van der Waals surface area contributed by atoms with Gasteiger partial charge in [0, 0.05) is 0 Å². The van der Waals surface area contributed by atoms with Crippen LogP contribution in [0.15, 0.2) is 66.2 Å². The Kier molecular flexibility index (Phi) is 7.24. The Morgan fingerprint density at radius 1 is 0.541 bits per heavy atom. The lowest BCUT2D eigenvalue weighted by molar-refractivity contribution is 0.0345. The molecule has 0 fully saturated rings. The van der Waals surface area contributed by atoms with Crippen molar-refractivity contribution in [3.63, 3.8) is 0 Å². The number of hydrogen-bond donors (Lipinski definition) is 0. The van der Waals surface area contributed by atoms with Gasteiger partial charge < -0.3 is 31.9 Å². The van der Waals surface area contributed by atoms with Crippen LogP contribution in [0, 0.1) is 0 Å². The van der Waals surface area contributed by atoms with E-state index >= 15 is 0 Å². The van der Waals surface area contributed by atoms with Crippen molar-refractivity contribution in [2.75, 3.05) is 0 Å². The molecule has 0 radical (unpaired) electrons. The van der Waals surface area contributed by atoms with Crippen LogP contribution in [0.3, 0.4) is 0 Å². The van der Waals surface area contributed by atoms with E-state index in [2.05, 4.69) is 4.74 Å². The van der Waals surface area contributed by atoms with E-state index in [-0.39, 0.29) is 53.5 Å². The summed E-state index contributed by atoms with van der Waals surface area (Å²) >= 11 is 0. The summed E-state index contributed by atoms with van der Waals surface area (Å²) in [5.74, 6) is -5.24. The third-order valence-corrected chi connectivity index (χ3v) is 4.49. The largest absolute Gasteiger partial charge is 0.455 e. The lowest BCUT2D eigenvalue weighted by Crippen LogP contribution is -2.11. The lowest BCUT2D eigenvalue weighted by Gasteiger charge is -2.01. The van der Waals surface area contributed by atoms with Gasteiger partial charge in [0.2, 0.25) is 23.0 Å². The number of hydrogen-bond acceptors (Lipinski definition) is 13. The van der Waals surface area contributed by atoms with Crippen molar-refractivity contribution in [1.29, 1.82) is 0 Å². The summed E-state index contributed by atoms with van der Waals surface area (Å²) in [6.07, 6.45) is 0.878. The Morgan fingerprint density at radius 2 is 0.973 bits per heavy atom. The zero-order valence-electron chi connectivity index (χ0n) is 18.5. The standard InChI is InChI=1S/C24H14O13/c25-9-13-1-2-15(33-13)11-31-21(27)17-6-4-16(35-17)12-32-22(28)18-7-8-20(36-18)24(30)37-23(29)19-5-3-14(10-26)34-19/h1-10H,11-12H2. The molecule has 0 aliphatic carbocycles. The van der Waals surface area contributed by atoms with Crippen LogP contribution in [0.2, 0.25) is 0 Å². The fraction of sp³-hybridized carbons (Fsp3) is 0.0833. The maximum atomic E-state index is 12.2. The fourth-order valence-electron chi connectivity index (χ4n) is 2.78. The van der Waals surface area contributed by atoms with Gasteiger partial charge in [-0.25, -0.2) is 19.2 Å². The van der Waals surface area contributed by atoms with Crippen molar-refractivity contribution in [3.8, 4) is 0 Å². The van der Waals surface area contributed by atoms with Crippen molar-refractivity contribution < 1.29 is 60.6 Å². The maximum Gasteiger partial charge on any atom is 0.382 e. The number of ether oxygens (including phenoxy) is 3. The van der Waals surface area contributed by atoms with Crippen LogP contribution < -0.4 is 0 Å². The third-order valence-electron chi connectivity index (χ3n) is 4.49. The number of rotatable bonds is 10. The zero-order valence-corrected chi connectivity index (χ0v) is 18.5. The molecule has 0 aliphatic heterocycles. The van der Waals surface area contributed by atoms with Crippen molar-refractivity contribution in [2.45, 2.75) is 13.2 Å². The Morgan fingerprint density at radius 3 is 1.57 bits per heavy atom. The highest BCUT2D eigenvalue weighted by Crippen LogP contribution is 2.16. The molecule has 0 saturated heterocycles. The molecule has 4 heterocycles. The fourth-order valence-corrected chi connectivity index (χ4v) is 2.78. The molecule has 188 valence electrons. The second-order valence-corrected chi connectivity index (χ2v) is 7.00. The molecule has 37 heavy (non-hydrogen) atoms. The van der Waals surface area contributed by atoms with E-state index in [0.29, 0.717) is 12.6 Å². The molecule has 13 nitrogen and oxygen atoms in total. The second kappa shape index (κ2) is 10.9. The highest BCUT2D eigenvalue weighted by molar-refractivity contribution is 6.01. The van der Waals surface area contributed by atoms with Crippen LogP contribution in [0.1, 0.15) is 74.8 Å². The van der Waals surface area contributed by atoms with E-state index in [0.717, 1.165) is 18.2 Å². The SMILES string of the molecule is O=Cc1ccc(COC(=O)c2ccc(COC(=O)c3ccc(C(=O)OC(=O)c4ccc(C=O)o4)o3)o2)o1. The number of carbonyl (C=O) groups excluding carboxylic acids is 6. The zero-order chi connectivity index (χ0) is 26.4. The van der Waals surface area contributed by atoms with Crippen LogP contribution in [0.25, 0.3) is 0 Å². The van der Waals surface area contributed by atoms with E-state index in [9.17, 15) is 28.8 Å². The Hall–Kier alpha value is -5.46. The summed E-state index contributed by atoms with van der Waals surface area (Å²) in [4.78, 5) is 69.5. The summed E-state index contributed by atoms with van der Waals surface area (Å²) in [6.45, 7) is -0.614. The summed E-state index contributed by atoms with van der Waals surface area (Å²) in [7, 11) is 0. The summed E-state index contributed by atoms with van der Waals surface area (Å²) in [6, 6.07) is 10.2. The first kappa shape index (κ1) is 24.7. The molecule has 0 atom stereocenters. The van der Waals surface area contributed by atoms with Gasteiger partial charge in [-0.05, 0) is 48.5 Å². The monoisotopic (exact) mass is 510 g/mol. The predicted molar refractivity (Wildman–Crippen MR) is 114 cm³/mol. The van der Waals surface area contributed by atoms with Gasteiger partial charge >= 0.3 is 23.9 Å². The molecule has 0 amide bonds. The van der Waals surface area contributed by atoms with Crippen LogP contribution >= 0.6 is 0 Å². The van der Waals surface area contributed by atoms with Crippen LogP contribution in [0.5, 0.6) is 0 Å². The molecule has 0 N–H and O–H groups in total. The minimum absolute atomic E-state index is 0.0882. The molecular formula is C24H14O13. The minimum Gasteiger partial charge on any atom is -0.455 e. The normalized spacial score (nSPS) is 10.5. The van der Waals surface area contributed by atoms with Gasteiger partial charge in [0.1, 0.15) is 24.7 Å². The van der Waals surface area contributed by atoms with Gasteiger partial charge in [-0.15, -0.1) is 0 Å². The van der Waals surface area contributed by atoms with E-state index in [1.54, 1.807) is 0 Å². The first-order valence-electron chi connectivity index (χ1n) is 10.2. The molecule has 4 rings (SSSR count). The first-order valence-corrected chi connectivity index (χ1v) is 10.2. The molecular weight excluding hydrogens is 496 g/mol. The summed E-state index contributed by atoms with van der Waals surface area (Å²) < 4.78 is 34.9. The summed E-state index contributed by atoms with van der Waals surface area (Å²) in [5.41, 5.74) is 0. The second-order valence-electron chi connectivity index (χ2n) is 7.00. The first-order chi connectivity index (χ1) is 17.9. The van der Waals surface area contributed by atoms with Gasteiger partial charge in [-0.2, -0.15) is 0 Å². The van der Waals surface area contributed by atoms with Crippen LogP contribution in [-0.4, -0.2) is 36.4 Å². The van der Waals surface area contributed by atoms with Gasteiger partial charge in [-0.3, -0.25) is 9.59 Å². The Balaban J connectivity index is 1.26. The molecule has 0 aromatic carbocycles. The van der Waals surface area contributed by atoms with Crippen molar-refractivity contribution >= 4 is 36.4 Å². The predicted octanol–water partition coefficient (Wildman–Crippen LogP) is 3.39. The molecule has 4 aromatic rings. The highest BCUT2D eigenvalue weighted by Gasteiger charge is 2.23. The Labute approximate surface area is 205 Å². The van der Waals surface area contributed by atoms with Crippen molar-refractivity contribution in [1.82, 2.24) is 0 Å². The van der Waals surface area contributed by atoms with E-state index in [1.807, 2.05) is 0 Å². The smallest absolute Gasteiger partial charge is 0.382 e. The topological polar surface area (TPSA) is 183 Å². The Bertz CT molecular complexity index is 1480.